The summed E-state index contributed by atoms with van der Waals surface area (Å²) >= 11 is 0. The molecular formula is C17H20F2N6O2. The Bertz CT molecular complexity index is 861. The summed E-state index contributed by atoms with van der Waals surface area (Å²) in [6, 6.07) is 1.75. The molecule has 2 aromatic heterocycles. The average Bonchev–Trinajstić information content (AvgIpc) is 2.94. The molecule has 1 fully saturated rings. The van der Waals surface area contributed by atoms with Gasteiger partial charge < -0.3 is 20.1 Å². The summed E-state index contributed by atoms with van der Waals surface area (Å²) in [5, 5.41) is 0. The van der Waals surface area contributed by atoms with Gasteiger partial charge in [0.15, 0.2) is 5.82 Å². The third-order valence-electron chi connectivity index (χ3n) is 4.30. The van der Waals surface area contributed by atoms with E-state index in [-0.39, 0.29) is 24.3 Å². The highest BCUT2D eigenvalue weighted by Crippen LogP contribution is 2.36. The summed E-state index contributed by atoms with van der Waals surface area (Å²) in [5.74, 6) is -2.66. The molecule has 0 saturated carbocycles. The maximum absolute atomic E-state index is 14.0. The summed E-state index contributed by atoms with van der Waals surface area (Å²) in [7, 11) is 2.90. The van der Waals surface area contributed by atoms with E-state index >= 15 is 0 Å². The first-order valence-corrected chi connectivity index (χ1v) is 8.23. The Morgan fingerprint density at radius 3 is 2.63 bits per heavy atom. The molecule has 3 heterocycles. The number of ether oxygens (including phenoxy) is 2. The van der Waals surface area contributed by atoms with Gasteiger partial charge in [0.05, 0.1) is 32.0 Å². The Labute approximate surface area is 155 Å². The standard InChI is InChI=1S/C17H20F2N6O2/c1-10-8-25(9-17(10,18)19)14-6-12(22-13(23-14)4-5-20)11-7-21-16(27-3)24-15(11)26-2/h4-7,10H,8-9,20H2,1-3H3. The number of hydrogen-bond donors (Lipinski definition) is 1. The minimum absolute atomic E-state index is 0.139. The maximum Gasteiger partial charge on any atom is 0.319 e. The van der Waals surface area contributed by atoms with Crippen molar-refractivity contribution < 1.29 is 18.3 Å². The van der Waals surface area contributed by atoms with E-state index in [9.17, 15) is 8.78 Å². The number of alkyl halides is 2. The number of aromatic nitrogens is 4. The van der Waals surface area contributed by atoms with Crippen molar-refractivity contribution in [3.05, 3.63) is 24.3 Å². The number of nitrogens with zero attached hydrogens (tertiary/aromatic N) is 5. The topological polar surface area (TPSA) is 99.3 Å². The molecule has 1 atom stereocenters. The lowest BCUT2D eigenvalue weighted by atomic mass is 10.1. The third-order valence-corrected chi connectivity index (χ3v) is 4.30. The summed E-state index contributed by atoms with van der Waals surface area (Å²) in [6.45, 7) is 1.29. The van der Waals surface area contributed by atoms with Gasteiger partial charge in [0.2, 0.25) is 5.88 Å². The molecule has 0 aromatic carbocycles. The Balaban J connectivity index is 2.08. The average molecular weight is 378 g/mol. The van der Waals surface area contributed by atoms with Gasteiger partial charge in [-0.1, -0.05) is 6.92 Å². The number of methoxy groups -OCH3 is 2. The monoisotopic (exact) mass is 378 g/mol. The molecule has 0 spiro atoms. The number of hydrogen-bond acceptors (Lipinski definition) is 8. The molecule has 0 radical (unpaired) electrons. The van der Waals surface area contributed by atoms with Crippen LogP contribution in [0.2, 0.25) is 0 Å². The van der Waals surface area contributed by atoms with Crippen molar-refractivity contribution in [2.45, 2.75) is 12.8 Å². The smallest absolute Gasteiger partial charge is 0.319 e. The van der Waals surface area contributed by atoms with Gasteiger partial charge in [-0.2, -0.15) is 4.98 Å². The van der Waals surface area contributed by atoms with Crippen molar-refractivity contribution in [2.24, 2.45) is 11.7 Å². The van der Waals surface area contributed by atoms with Gasteiger partial charge in [-0.15, -0.1) is 0 Å². The second-order valence-electron chi connectivity index (χ2n) is 6.15. The fourth-order valence-electron chi connectivity index (χ4n) is 2.81. The largest absolute Gasteiger partial charge is 0.480 e. The molecule has 8 nitrogen and oxygen atoms in total. The molecule has 1 unspecified atom stereocenters. The lowest BCUT2D eigenvalue weighted by Crippen LogP contribution is -2.27. The van der Waals surface area contributed by atoms with Crippen LogP contribution in [0, 0.1) is 5.92 Å². The molecule has 144 valence electrons. The van der Waals surface area contributed by atoms with E-state index in [2.05, 4.69) is 19.9 Å². The van der Waals surface area contributed by atoms with Gasteiger partial charge in [0, 0.05) is 24.7 Å². The second kappa shape index (κ2) is 7.29. The number of anilines is 1. The normalized spacial score (nSPS) is 18.9. The molecule has 1 aliphatic rings. The Hall–Kier alpha value is -3.04. The summed E-state index contributed by atoms with van der Waals surface area (Å²) in [4.78, 5) is 18.4. The number of halogens is 2. The van der Waals surface area contributed by atoms with E-state index in [1.165, 1.54) is 44.5 Å². The molecule has 0 amide bonds. The SMILES string of the molecule is COc1ncc(-c2cc(N3CC(C)C(F)(F)C3)nc(C=CN)n2)c(OC)n1. The lowest BCUT2D eigenvalue weighted by molar-refractivity contribution is -0.0138. The fraction of sp³-hybridized carbons (Fsp3) is 0.412. The van der Waals surface area contributed by atoms with E-state index < -0.39 is 18.4 Å². The van der Waals surface area contributed by atoms with Crippen LogP contribution in [0.4, 0.5) is 14.6 Å². The summed E-state index contributed by atoms with van der Waals surface area (Å²) in [5.41, 5.74) is 6.36. The highest BCUT2D eigenvalue weighted by molar-refractivity contribution is 5.68. The quantitative estimate of drug-likeness (QED) is 0.843. The van der Waals surface area contributed by atoms with Crippen LogP contribution < -0.4 is 20.1 Å². The molecule has 2 N–H and O–H groups in total. The highest BCUT2D eigenvalue weighted by atomic mass is 19.3. The van der Waals surface area contributed by atoms with E-state index in [0.717, 1.165) is 0 Å². The van der Waals surface area contributed by atoms with Crippen molar-refractivity contribution in [3.8, 4) is 23.1 Å². The number of nitrogens with two attached hydrogens (primary N) is 1. The van der Waals surface area contributed by atoms with Crippen LogP contribution in [0.15, 0.2) is 18.5 Å². The molecule has 0 aliphatic carbocycles. The van der Waals surface area contributed by atoms with E-state index in [1.54, 1.807) is 6.07 Å². The predicted molar refractivity (Wildman–Crippen MR) is 95.7 cm³/mol. The van der Waals surface area contributed by atoms with Crippen molar-refractivity contribution in [3.63, 3.8) is 0 Å². The maximum atomic E-state index is 14.0. The van der Waals surface area contributed by atoms with Gasteiger partial charge >= 0.3 is 6.01 Å². The first-order valence-electron chi connectivity index (χ1n) is 8.23. The molecule has 2 aromatic rings. The van der Waals surface area contributed by atoms with Crippen LogP contribution in [0.3, 0.4) is 0 Å². The first-order chi connectivity index (χ1) is 12.9. The molecule has 10 heteroatoms. The van der Waals surface area contributed by atoms with E-state index in [1.807, 2.05) is 0 Å². The van der Waals surface area contributed by atoms with Gasteiger partial charge in [0.25, 0.3) is 5.92 Å². The molecule has 1 saturated heterocycles. The Kier molecular flexibility index (Phi) is 5.06. The van der Waals surface area contributed by atoms with Crippen molar-refractivity contribution in [1.29, 1.82) is 0 Å². The zero-order chi connectivity index (χ0) is 19.6. The Morgan fingerprint density at radius 1 is 1.26 bits per heavy atom. The lowest BCUT2D eigenvalue weighted by Gasteiger charge is -2.18. The minimum Gasteiger partial charge on any atom is -0.480 e. The van der Waals surface area contributed by atoms with E-state index in [4.69, 9.17) is 15.2 Å². The molecular weight excluding hydrogens is 358 g/mol. The zero-order valence-electron chi connectivity index (χ0n) is 15.2. The molecule has 0 bridgehead atoms. The fourth-order valence-corrected chi connectivity index (χ4v) is 2.81. The summed E-state index contributed by atoms with van der Waals surface area (Å²) < 4.78 is 38.2. The van der Waals surface area contributed by atoms with Crippen LogP contribution >= 0.6 is 0 Å². The predicted octanol–water partition coefficient (Wildman–Crippen LogP) is 1.97. The van der Waals surface area contributed by atoms with Gasteiger partial charge in [-0.3, -0.25) is 0 Å². The van der Waals surface area contributed by atoms with Gasteiger partial charge in [-0.05, 0) is 12.3 Å². The van der Waals surface area contributed by atoms with Crippen LogP contribution in [0.1, 0.15) is 12.7 Å². The van der Waals surface area contributed by atoms with Crippen LogP contribution in [-0.2, 0) is 0 Å². The van der Waals surface area contributed by atoms with Gasteiger partial charge in [0.1, 0.15) is 5.82 Å². The minimum atomic E-state index is -2.78. The van der Waals surface area contributed by atoms with Crippen molar-refractivity contribution >= 4 is 11.9 Å². The van der Waals surface area contributed by atoms with Crippen LogP contribution in [0.25, 0.3) is 17.3 Å². The van der Waals surface area contributed by atoms with Crippen molar-refractivity contribution in [2.75, 3.05) is 32.2 Å². The molecule has 27 heavy (non-hydrogen) atoms. The zero-order valence-corrected chi connectivity index (χ0v) is 15.2. The van der Waals surface area contributed by atoms with Gasteiger partial charge in [-0.25, -0.2) is 23.7 Å². The van der Waals surface area contributed by atoms with Crippen LogP contribution in [-0.4, -0.2) is 53.2 Å². The van der Waals surface area contributed by atoms with Crippen LogP contribution in [0.5, 0.6) is 11.9 Å². The van der Waals surface area contributed by atoms with Crippen molar-refractivity contribution in [1.82, 2.24) is 19.9 Å². The molecule has 1 aliphatic heterocycles. The first kappa shape index (κ1) is 18.7. The third kappa shape index (κ3) is 3.74. The molecule has 3 rings (SSSR count). The summed E-state index contributed by atoms with van der Waals surface area (Å²) in [6.07, 6.45) is 4.27. The van der Waals surface area contributed by atoms with E-state index in [0.29, 0.717) is 17.1 Å². The highest BCUT2D eigenvalue weighted by Gasteiger charge is 2.45. The number of rotatable bonds is 5. The second-order valence-corrected chi connectivity index (χ2v) is 6.15. The Morgan fingerprint density at radius 2 is 2.04 bits per heavy atom.